The Hall–Kier alpha value is -1.78. The predicted molar refractivity (Wildman–Crippen MR) is 93.0 cm³/mol. The summed E-state index contributed by atoms with van der Waals surface area (Å²) >= 11 is 0. The molecule has 0 radical (unpaired) electrons. The summed E-state index contributed by atoms with van der Waals surface area (Å²) in [7, 11) is 4.43. The number of likely N-dealkylation sites (tertiary alicyclic amines) is 1. The van der Waals surface area contributed by atoms with Gasteiger partial charge in [0.2, 0.25) is 0 Å². The third kappa shape index (κ3) is 3.59. The molecule has 0 aromatic carbocycles. The van der Waals surface area contributed by atoms with Gasteiger partial charge in [0.25, 0.3) is 0 Å². The van der Waals surface area contributed by atoms with Crippen LogP contribution in [0.2, 0.25) is 0 Å². The van der Waals surface area contributed by atoms with E-state index in [0.29, 0.717) is 18.0 Å². The minimum atomic E-state index is 0.330. The van der Waals surface area contributed by atoms with E-state index in [4.69, 9.17) is 0 Å². The maximum atomic E-state index is 4.50. The Morgan fingerprint density at radius 1 is 1.26 bits per heavy atom. The van der Waals surface area contributed by atoms with Gasteiger partial charge in [-0.25, -0.2) is 0 Å². The van der Waals surface area contributed by atoms with Crippen molar-refractivity contribution in [1.82, 2.24) is 19.8 Å². The molecule has 1 aliphatic heterocycles. The molecule has 4 nitrogen and oxygen atoms in total. The zero-order chi connectivity index (χ0) is 16.2. The molecule has 4 heteroatoms. The van der Waals surface area contributed by atoms with Crippen LogP contribution in [0.5, 0.6) is 0 Å². The van der Waals surface area contributed by atoms with Crippen molar-refractivity contribution in [3.8, 4) is 0 Å². The molecule has 2 aromatic heterocycles. The van der Waals surface area contributed by atoms with Gasteiger partial charge in [-0.15, -0.1) is 0 Å². The summed E-state index contributed by atoms with van der Waals surface area (Å²) < 4.78 is 0. The van der Waals surface area contributed by atoms with Crippen molar-refractivity contribution in [2.45, 2.75) is 25.4 Å². The molecule has 0 bridgehead atoms. The lowest BCUT2D eigenvalue weighted by Gasteiger charge is -2.31. The largest absolute Gasteiger partial charge is 0.299 e. The Bertz CT molecular complexity index is 601. The number of pyridine rings is 2. The Morgan fingerprint density at radius 3 is 2.83 bits per heavy atom. The van der Waals surface area contributed by atoms with Crippen LogP contribution < -0.4 is 0 Å². The second-order valence-corrected chi connectivity index (χ2v) is 6.63. The van der Waals surface area contributed by atoms with Crippen LogP contribution in [-0.4, -0.2) is 47.0 Å². The van der Waals surface area contributed by atoms with Crippen LogP contribution in [0.3, 0.4) is 0 Å². The first kappa shape index (κ1) is 16.1. The fourth-order valence-corrected chi connectivity index (χ4v) is 3.67. The Labute approximate surface area is 139 Å². The van der Waals surface area contributed by atoms with Crippen molar-refractivity contribution in [2.75, 3.05) is 27.2 Å². The van der Waals surface area contributed by atoms with Gasteiger partial charge in [0.15, 0.2) is 0 Å². The van der Waals surface area contributed by atoms with Gasteiger partial charge >= 0.3 is 0 Å². The lowest BCUT2D eigenvalue weighted by atomic mass is 9.94. The zero-order valence-electron chi connectivity index (χ0n) is 14.3. The molecule has 23 heavy (non-hydrogen) atoms. The average Bonchev–Trinajstić information content (AvgIpc) is 2.96. The molecule has 1 saturated heterocycles. The third-order valence-corrected chi connectivity index (χ3v) is 5.10. The average molecular weight is 310 g/mol. The van der Waals surface area contributed by atoms with E-state index in [-0.39, 0.29) is 0 Å². The fourth-order valence-electron chi connectivity index (χ4n) is 3.67. The molecule has 3 rings (SSSR count). The van der Waals surface area contributed by atoms with E-state index in [2.05, 4.69) is 59.0 Å². The topological polar surface area (TPSA) is 32.3 Å². The van der Waals surface area contributed by atoms with Gasteiger partial charge in [0, 0.05) is 37.2 Å². The monoisotopic (exact) mass is 310 g/mol. The van der Waals surface area contributed by atoms with Crippen molar-refractivity contribution in [3.63, 3.8) is 0 Å². The molecular weight excluding hydrogens is 284 g/mol. The first-order valence-electron chi connectivity index (χ1n) is 8.38. The van der Waals surface area contributed by atoms with Gasteiger partial charge < -0.3 is 0 Å². The van der Waals surface area contributed by atoms with Crippen molar-refractivity contribution < 1.29 is 0 Å². The molecule has 1 unspecified atom stereocenters. The molecule has 3 atom stereocenters. The van der Waals surface area contributed by atoms with Crippen LogP contribution in [0.4, 0.5) is 0 Å². The highest BCUT2D eigenvalue weighted by molar-refractivity contribution is 5.17. The number of hydrogen-bond donors (Lipinski definition) is 0. The maximum Gasteiger partial charge on any atom is 0.0572 e. The van der Waals surface area contributed by atoms with Crippen LogP contribution >= 0.6 is 0 Å². The highest BCUT2D eigenvalue weighted by Gasteiger charge is 2.34. The molecule has 0 spiro atoms. The summed E-state index contributed by atoms with van der Waals surface area (Å²) in [5.74, 6) is 0.625. The molecule has 122 valence electrons. The van der Waals surface area contributed by atoms with Gasteiger partial charge in [0.05, 0.1) is 5.69 Å². The number of rotatable bonds is 5. The molecule has 0 amide bonds. The molecular formula is C19H26N4. The summed E-state index contributed by atoms with van der Waals surface area (Å²) in [6.07, 6.45) is 6.97. The molecule has 3 heterocycles. The van der Waals surface area contributed by atoms with E-state index in [0.717, 1.165) is 18.8 Å². The molecule has 2 aromatic rings. The Kier molecular flexibility index (Phi) is 5.03. The number of hydrogen-bond acceptors (Lipinski definition) is 4. The van der Waals surface area contributed by atoms with Gasteiger partial charge in [-0.05, 0) is 63.7 Å². The quantitative estimate of drug-likeness (QED) is 0.849. The first-order chi connectivity index (χ1) is 11.2. The normalized spacial score (nSPS) is 23.3. The van der Waals surface area contributed by atoms with Crippen molar-refractivity contribution in [2.24, 2.45) is 5.92 Å². The summed E-state index contributed by atoms with van der Waals surface area (Å²) in [6, 6.07) is 11.2. The minimum absolute atomic E-state index is 0.330. The lowest BCUT2D eigenvalue weighted by Crippen LogP contribution is -2.32. The fraction of sp³-hybridized carbons (Fsp3) is 0.474. The number of nitrogens with zero attached hydrogens (tertiary/aromatic N) is 4. The van der Waals surface area contributed by atoms with Gasteiger partial charge in [-0.3, -0.25) is 19.8 Å². The molecule has 1 aliphatic rings. The number of aromatic nitrogens is 2. The summed E-state index contributed by atoms with van der Waals surface area (Å²) in [5.41, 5.74) is 2.47. The third-order valence-electron chi connectivity index (χ3n) is 5.10. The second kappa shape index (κ2) is 7.20. The smallest absolute Gasteiger partial charge is 0.0572 e. The Balaban J connectivity index is 1.71. The SMILES string of the molecule is CC(c1ccccn1)N(C)C[C@@H]1CCN(C)[C@H]1c1cccnc1. The zero-order valence-corrected chi connectivity index (χ0v) is 14.3. The minimum Gasteiger partial charge on any atom is -0.299 e. The van der Waals surface area contributed by atoms with E-state index >= 15 is 0 Å². The molecule has 0 N–H and O–H groups in total. The standard InChI is InChI=1S/C19H26N4/c1-15(18-8-4-5-11-21-18)23(3)14-17-9-12-22(2)19(17)16-7-6-10-20-13-16/h4-8,10-11,13,15,17,19H,9,12,14H2,1-3H3/t15?,17-,19-/m0/s1. The van der Waals surface area contributed by atoms with Crippen LogP contribution in [0.15, 0.2) is 48.9 Å². The van der Waals surface area contributed by atoms with Crippen LogP contribution in [0.1, 0.15) is 36.7 Å². The van der Waals surface area contributed by atoms with Crippen molar-refractivity contribution >= 4 is 0 Å². The lowest BCUT2D eigenvalue weighted by molar-refractivity contribution is 0.183. The molecule has 0 aliphatic carbocycles. The van der Waals surface area contributed by atoms with Gasteiger partial charge in [-0.1, -0.05) is 12.1 Å². The van der Waals surface area contributed by atoms with E-state index in [9.17, 15) is 0 Å². The second-order valence-electron chi connectivity index (χ2n) is 6.63. The molecule has 1 fully saturated rings. The van der Waals surface area contributed by atoms with Crippen molar-refractivity contribution in [3.05, 3.63) is 60.2 Å². The van der Waals surface area contributed by atoms with Crippen LogP contribution in [-0.2, 0) is 0 Å². The van der Waals surface area contributed by atoms with Gasteiger partial charge in [-0.2, -0.15) is 0 Å². The van der Waals surface area contributed by atoms with E-state index < -0.39 is 0 Å². The van der Waals surface area contributed by atoms with Crippen LogP contribution in [0.25, 0.3) is 0 Å². The van der Waals surface area contributed by atoms with Gasteiger partial charge in [0.1, 0.15) is 0 Å². The van der Waals surface area contributed by atoms with Crippen molar-refractivity contribution in [1.29, 1.82) is 0 Å². The van der Waals surface area contributed by atoms with E-state index in [1.54, 1.807) is 0 Å². The van der Waals surface area contributed by atoms with Crippen LogP contribution in [0, 0.1) is 5.92 Å². The summed E-state index contributed by atoms with van der Waals surface area (Å²) in [4.78, 5) is 13.7. The maximum absolute atomic E-state index is 4.50. The first-order valence-corrected chi connectivity index (χ1v) is 8.38. The Morgan fingerprint density at radius 2 is 2.13 bits per heavy atom. The summed E-state index contributed by atoms with van der Waals surface area (Å²) in [6.45, 7) is 4.46. The highest BCUT2D eigenvalue weighted by Crippen LogP contribution is 2.37. The van der Waals surface area contributed by atoms with E-state index in [1.807, 2.05) is 30.7 Å². The van der Waals surface area contributed by atoms with E-state index in [1.165, 1.54) is 12.0 Å². The summed E-state index contributed by atoms with van der Waals surface area (Å²) in [5, 5.41) is 0. The highest BCUT2D eigenvalue weighted by atomic mass is 15.2. The molecule has 0 saturated carbocycles. The predicted octanol–water partition coefficient (Wildman–Crippen LogP) is 3.16.